The van der Waals surface area contributed by atoms with Crippen LogP contribution in [0.4, 0.5) is 11.5 Å². The van der Waals surface area contributed by atoms with Crippen molar-refractivity contribution in [2.24, 2.45) is 0 Å². The van der Waals surface area contributed by atoms with Crippen LogP contribution >= 0.6 is 0 Å². The molecular weight excluding hydrogens is 260 g/mol. The lowest BCUT2D eigenvalue weighted by Crippen LogP contribution is -2.04. The van der Waals surface area contributed by atoms with Crippen LogP contribution in [0.2, 0.25) is 0 Å². The molecule has 20 heavy (non-hydrogen) atoms. The maximum atomic E-state index is 11.4. The van der Waals surface area contributed by atoms with E-state index in [0.29, 0.717) is 17.1 Å². The number of carbonyl (C=O) groups excluding carboxylic acids is 1. The Labute approximate surface area is 115 Å². The van der Waals surface area contributed by atoms with Crippen LogP contribution < -0.4 is 5.32 Å². The van der Waals surface area contributed by atoms with Gasteiger partial charge in [0.25, 0.3) is 0 Å². The van der Waals surface area contributed by atoms with Gasteiger partial charge in [-0.1, -0.05) is 12.1 Å². The summed E-state index contributed by atoms with van der Waals surface area (Å²) in [6.07, 6.45) is 0. The molecule has 0 spiro atoms. The van der Waals surface area contributed by atoms with Crippen molar-refractivity contribution in [3.8, 4) is 0 Å². The van der Waals surface area contributed by atoms with Gasteiger partial charge in [-0.3, -0.25) is 0 Å². The van der Waals surface area contributed by atoms with Crippen molar-refractivity contribution >= 4 is 23.4 Å². The number of carboxylic acid groups (broad SMARTS) is 1. The molecule has 0 bridgehead atoms. The molecule has 1 aromatic carbocycles. The maximum Gasteiger partial charge on any atom is 0.354 e. The lowest BCUT2D eigenvalue weighted by molar-refractivity contribution is 0.0600. The minimum atomic E-state index is -1.10. The number of pyridine rings is 1. The van der Waals surface area contributed by atoms with E-state index < -0.39 is 11.9 Å². The lowest BCUT2D eigenvalue weighted by Gasteiger charge is -2.07. The number of nitrogens with zero attached hydrogens (tertiary/aromatic N) is 1. The normalized spacial score (nSPS) is 9.85. The molecule has 0 aliphatic carbocycles. The van der Waals surface area contributed by atoms with E-state index in [-0.39, 0.29) is 5.69 Å². The minimum Gasteiger partial charge on any atom is -0.477 e. The van der Waals surface area contributed by atoms with Gasteiger partial charge in [0.15, 0.2) is 5.69 Å². The molecule has 2 rings (SSSR count). The predicted octanol–water partition coefficient (Wildman–Crippen LogP) is 2.31. The fourth-order valence-corrected chi connectivity index (χ4v) is 1.61. The van der Waals surface area contributed by atoms with E-state index in [4.69, 9.17) is 5.11 Å². The molecule has 0 atom stereocenters. The molecule has 0 aliphatic rings. The van der Waals surface area contributed by atoms with Gasteiger partial charge in [-0.15, -0.1) is 0 Å². The van der Waals surface area contributed by atoms with Crippen LogP contribution in [-0.4, -0.2) is 29.1 Å². The highest BCUT2D eigenvalue weighted by Crippen LogP contribution is 2.17. The lowest BCUT2D eigenvalue weighted by atomic mass is 10.2. The number of rotatable bonds is 4. The third-order valence-electron chi connectivity index (χ3n) is 2.52. The van der Waals surface area contributed by atoms with Crippen LogP contribution in [0.3, 0.4) is 0 Å². The molecule has 0 fully saturated rings. The summed E-state index contributed by atoms with van der Waals surface area (Å²) < 4.78 is 4.63. The highest BCUT2D eigenvalue weighted by Gasteiger charge is 2.07. The highest BCUT2D eigenvalue weighted by atomic mass is 16.5. The van der Waals surface area contributed by atoms with Crippen LogP contribution in [0.15, 0.2) is 42.5 Å². The van der Waals surface area contributed by atoms with Gasteiger partial charge >= 0.3 is 11.9 Å². The first-order valence-corrected chi connectivity index (χ1v) is 5.76. The average Bonchev–Trinajstić information content (AvgIpc) is 2.47. The Morgan fingerprint density at radius 2 is 1.95 bits per heavy atom. The summed E-state index contributed by atoms with van der Waals surface area (Å²) in [5, 5.41) is 11.8. The fraction of sp³-hybridized carbons (Fsp3) is 0.0714. The first-order valence-electron chi connectivity index (χ1n) is 5.76. The molecule has 0 radical (unpaired) electrons. The van der Waals surface area contributed by atoms with Crippen molar-refractivity contribution in [3.05, 3.63) is 53.7 Å². The van der Waals surface area contributed by atoms with E-state index >= 15 is 0 Å². The van der Waals surface area contributed by atoms with Gasteiger partial charge < -0.3 is 15.2 Å². The number of esters is 1. The number of carbonyl (C=O) groups is 2. The summed E-state index contributed by atoms with van der Waals surface area (Å²) in [7, 11) is 1.31. The third kappa shape index (κ3) is 3.11. The summed E-state index contributed by atoms with van der Waals surface area (Å²) in [5.74, 6) is -1.16. The van der Waals surface area contributed by atoms with E-state index in [1.807, 2.05) is 0 Å². The molecule has 0 saturated carbocycles. The number of benzene rings is 1. The second kappa shape index (κ2) is 5.83. The molecule has 2 N–H and O–H groups in total. The zero-order valence-electron chi connectivity index (χ0n) is 10.7. The van der Waals surface area contributed by atoms with Crippen LogP contribution in [-0.2, 0) is 4.74 Å². The van der Waals surface area contributed by atoms with Crippen molar-refractivity contribution in [1.29, 1.82) is 0 Å². The number of anilines is 2. The molecule has 0 amide bonds. The smallest absolute Gasteiger partial charge is 0.354 e. The number of methoxy groups -OCH3 is 1. The van der Waals surface area contributed by atoms with E-state index in [0.717, 1.165) is 0 Å². The Morgan fingerprint density at radius 1 is 1.20 bits per heavy atom. The van der Waals surface area contributed by atoms with Crippen molar-refractivity contribution in [1.82, 2.24) is 4.98 Å². The number of hydrogen-bond acceptors (Lipinski definition) is 5. The summed E-state index contributed by atoms with van der Waals surface area (Å²) >= 11 is 0. The van der Waals surface area contributed by atoms with Gasteiger partial charge in [-0.05, 0) is 30.3 Å². The molecule has 6 heteroatoms. The number of carboxylic acids is 1. The Hall–Kier alpha value is -2.89. The molecule has 102 valence electrons. The van der Waals surface area contributed by atoms with E-state index in [1.54, 1.807) is 36.4 Å². The molecule has 0 aliphatic heterocycles. The Kier molecular flexibility index (Phi) is 3.95. The van der Waals surface area contributed by atoms with Crippen molar-refractivity contribution in [2.45, 2.75) is 0 Å². The van der Waals surface area contributed by atoms with Gasteiger partial charge in [0.1, 0.15) is 5.82 Å². The number of hydrogen-bond donors (Lipinski definition) is 2. The molecule has 2 aromatic rings. The van der Waals surface area contributed by atoms with E-state index in [1.165, 1.54) is 13.2 Å². The van der Waals surface area contributed by atoms with Crippen LogP contribution in [0.25, 0.3) is 0 Å². The van der Waals surface area contributed by atoms with E-state index in [9.17, 15) is 9.59 Å². The maximum absolute atomic E-state index is 11.4. The molecule has 1 heterocycles. The zero-order chi connectivity index (χ0) is 14.5. The van der Waals surface area contributed by atoms with Crippen molar-refractivity contribution < 1.29 is 19.4 Å². The monoisotopic (exact) mass is 272 g/mol. The Balaban J connectivity index is 2.24. The van der Waals surface area contributed by atoms with Crippen LogP contribution in [0, 0.1) is 0 Å². The second-order valence-electron chi connectivity index (χ2n) is 3.91. The second-order valence-corrected chi connectivity index (χ2v) is 3.91. The minimum absolute atomic E-state index is 0.0564. The predicted molar refractivity (Wildman–Crippen MR) is 72.3 cm³/mol. The number of aromatic carboxylic acids is 1. The molecule has 1 aromatic heterocycles. The number of nitrogens with one attached hydrogen (secondary N) is 1. The standard InChI is InChI=1S/C14H12N2O4/c1-20-14(19)9-4-2-5-10(8-9)15-12-7-3-6-11(16-12)13(17)18/h2-8H,1H3,(H,15,16)(H,17,18). The summed E-state index contributed by atoms with van der Waals surface area (Å²) in [4.78, 5) is 26.2. The number of aromatic nitrogens is 1. The van der Waals surface area contributed by atoms with Gasteiger partial charge in [-0.25, -0.2) is 14.6 Å². The zero-order valence-corrected chi connectivity index (χ0v) is 10.7. The van der Waals surface area contributed by atoms with Gasteiger partial charge in [0.05, 0.1) is 12.7 Å². The van der Waals surface area contributed by atoms with Gasteiger partial charge in [0, 0.05) is 5.69 Å². The van der Waals surface area contributed by atoms with Crippen molar-refractivity contribution in [3.63, 3.8) is 0 Å². The molecule has 0 saturated heterocycles. The molecular formula is C14H12N2O4. The quantitative estimate of drug-likeness (QED) is 0.830. The third-order valence-corrected chi connectivity index (χ3v) is 2.52. The number of ether oxygens (including phenoxy) is 1. The Bertz CT molecular complexity index is 655. The topological polar surface area (TPSA) is 88.5 Å². The largest absolute Gasteiger partial charge is 0.477 e. The van der Waals surface area contributed by atoms with Crippen LogP contribution in [0.1, 0.15) is 20.8 Å². The SMILES string of the molecule is COC(=O)c1cccc(Nc2cccc(C(=O)O)n2)c1. The average molecular weight is 272 g/mol. The summed E-state index contributed by atoms with van der Waals surface area (Å²) in [6.45, 7) is 0. The van der Waals surface area contributed by atoms with Crippen LogP contribution in [0.5, 0.6) is 0 Å². The fourth-order valence-electron chi connectivity index (χ4n) is 1.61. The van der Waals surface area contributed by atoms with E-state index in [2.05, 4.69) is 15.0 Å². The van der Waals surface area contributed by atoms with Gasteiger partial charge in [-0.2, -0.15) is 0 Å². The highest BCUT2D eigenvalue weighted by molar-refractivity contribution is 5.90. The molecule has 6 nitrogen and oxygen atoms in total. The summed E-state index contributed by atoms with van der Waals surface area (Å²) in [6, 6.07) is 11.3. The first kappa shape index (κ1) is 13.5. The van der Waals surface area contributed by atoms with Crippen molar-refractivity contribution in [2.75, 3.05) is 12.4 Å². The first-order chi connectivity index (χ1) is 9.60. The summed E-state index contributed by atoms with van der Waals surface area (Å²) in [5.41, 5.74) is 0.953. The Morgan fingerprint density at radius 3 is 2.65 bits per heavy atom. The molecule has 0 unspecified atom stereocenters. The van der Waals surface area contributed by atoms with Gasteiger partial charge in [0.2, 0.25) is 0 Å².